The number of benzene rings is 1. The van der Waals surface area contributed by atoms with Gasteiger partial charge in [0.15, 0.2) is 0 Å². The van der Waals surface area contributed by atoms with Crippen molar-refractivity contribution in [1.29, 1.82) is 0 Å². The third-order valence-corrected chi connectivity index (χ3v) is 4.92. The van der Waals surface area contributed by atoms with E-state index in [4.69, 9.17) is 4.74 Å². The molecule has 0 spiro atoms. The Labute approximate surface area is 151 Å². The Hall–Kier alpha value is -1.26. The highest BCUT2D eigenvalue weighted by molar-refractivity contribution is 5.92. The van der Waals surface area contributed by atoms with Gasteiger partial charge >= 0.3 is 0 Å². The number of anilines is 1. The number of ether oxygens (including phenoxy) is 1. The van der Waals surface area contributed by atoms with E-state index in [0.717, 1.165) is 36.3 Å². The average molecular weight is 353 g/mol. The highest BCUT2D eigenvalue weighted by Gasteiger charge is 2.34. The summed E-state index contributed by atoms with van der Waals surface area (Å²) in [6.45, 7) is 4.79. The highest BCUT2D eigenvalue weighted by Crippen LogP contribution is 2.33. The van der Waals surface area contributed by atoms with E-state index in [1.54, 1.807) is 0 Å². The van der Waals surface area contributed by atoms with Crippen molar-refractivity contribution in [2.24, 2.45) is 5.92 Å². The second kappa shape index (κ2) is 8.72. The maximum Gasteiger partial charge on any atom is 0.224 e. The van der Waals surface area contributed by atoms with Gasteiger partial charge in [0.2, 0.25) is 5.91 Å². The number of rotatable bonds is 6. The van der Waals surface area contributed by atoms with Crippen LogP contribution in [0.2, 0.25) is 0 Å². The lowest BCUT2D eigenvalue weighted by molar-refractivity contribution is -0.117. The molecule has 0 radical (unpaired) electrons. The zero-order chi connectivity index (χ0) is 16.2. The molecule has 1 amide bonds. The van der Waals surface area contributed by atoms with Crippen molar-refractivity contribution in [2.45, 2.75) is 64.5 Å². The van der Waals surface area contributed by atoms with Gasteiger partial charge in [-0.2, -0.15) is 0 Å². The number of nitrogens with one attached hydrogen (secondary N) is 2. The van der Waals surface area contributed by atoms with E-state index in [0.29, 0.717) is 31.0 Å². The lowest BCUT2D eigenvalue weighted by atomic mass is 9.89. The van der Waals surface area contributed by atoms with Gasteiger partial charge in [0.25, 0.3) is 0 Å². The molecule has 2 fully saturated rings. The number of carbonyl (C=O) groups is 1. The molecule has 0 aromatic heterocycles. The fraction of sp³-hybridized carbons (Fsp3) is 0.632. The van der Waals surface area contributed by atoms with E-state index in [2.05, 4.69) is 17.6 Å². The zero-order valence-electron chi connectivity index (χ0n) is 14.6. The summed E-state index contributed by atoms with van der Waals surface area (Å²) in [6, 6.07) is 7.23. The summed E-state index contributed by atoms with van der Waals surface area (Å²) in [5.41, 5.74) is 1.94. The van der Waals surface area contributed by atoms with Crippen molar-refractivity contribution in [1.82, 2.24) is 5.32 Å². The number of fused-ring (bicyclic) bond motifs is 2. The van der Waals surface area contributed by atoms with Gasteiger partial charge in [-0.1, -0.05) is 13.0 Å². The molecule has 0 saturated carbocycles. The topological polar surface area (TPSA) is 50.4 Å². The predicted molar refractivity (Wildman–Crippen MR) is 100 cm³/mol. The van der Waals surface area contributed by atoms with Crippen molar-refractivity contribution in [2.75, 3.05) is 11.9 Å². The van der Waals surface area contributed by atoms with Crippen LogP contribution >= 0.6 is 12.4 Å². The largest absolute Gasteiger partial charge is 0.491 e. The smallest absolute Gasteiger partial charge is 0.224 e. The molecule has 134 valence electrons. The van der Waals surface area contributed by atoms with E-state index >= 15 is 0 Å². The molecule has 3 rings (SSSR count). The Morgan fingerprint density at radius 2 is 2.00 bits per heavy atom. The third-order valence-electron chi connectivity index (χ3n) is 4.92. The first kappa shape index (κ1) is 19.1. The molecule has 1 aromatic carbocycles. The second-order valence-corrected chi connectivity index (χ2v) is 7.08. The Balaban J connectivity index is 0.00000208. The van der Waals surface area contributed by atoms with Gasteiger partial charge in [0, 0.05) is 18.5 Å². The quantitative estimate of drug-likeness (QED) is 0.811. The monoisotopic (exact) mass is 352 g/mol. The first-order valence-corrected chi connectivity index (χ1v) is 8.93. The third kappa shape index (κ3) is 4.87. The minimum Gasteiger partial charge on any atom is -0.491 e. The zero-order valence-corrected chi connectivity index (χ0v) is 15.5. The molecule has 2 atom stereocenters. The Bertz CT molecular complexity index is 552. The fourth-order valence-electron chi connectivity index (χ4n) is 3.87. The van der Waals surface area contributed by atoms with Gasteiger partial charge in [0.1, 0.15) is 5.75 Å². The van der Waals surface area contributed by atoms with Gasteiger partial charge in [-0.05, 0) is 62.6 Å². The van der Waals surface area contributed by atoms with Crippen LogP contribution in [0.25, 0.3) is 0 Å². The lowest BCUT2D eigenvalue weighted by Crippen LogP contribution is -2.39. The van der Waals surface area contributed by atoms with Crippen LogP contribution in [0.1, 0.15) is 51.0 Å². The normalized spacial score (nSPS) is 25.0. The van der Waals surface area contributed by atoms with Crippen LogP contribution in [0, 0.1) is 12.8 Å². The Kier molecular flexibility index (Phi) is 6.93. The molecule has 2 bridgehead atoms. The molecular weight excluding hydrogens is 324 g/mol. The number of hydrogen-bond donors (Lipinski definition) is 2. The van der Waals surface area contributed by atoms with Crippen LogP contribution in [0.4, 0.5) is 5.69 Å². The lowest BCUT2D eigenvalue weighted by Gasteiger charge is -2.28. The van der Waals surface area contributed by atoms with E-state index in [9.17, 15) is 4.79 Å². The number of hydrogen-bond acceptors (Lipinski definition) is 3. The summed E-state index contributed by atoms with van der Waals surface area (Å²) in [7, 11) is 0. The predicted octanol–water partition coefficient (Wildman–Crippen LogP) is 4.06. The van der Waals surface area contributed by atoms with Gasteiger partial charge in [0.05, 0.1) is 12.3 Å². The molecular formula is C19H29ClN2O2. The van der Waals surface area contributed by atoms with Crippen LogP contribution in [0.15, 0.2) is 18.2 Å². The van der Waals surface area contributed by atoms with Crippen molar-refractivity contribution in [3.05, 3.63) is 23.8 Å². The average Bonchev–Trinajstić information content (AvgIpc) is 2.86. The Morgan fingerprint density at radius 1 is 1.29 bits per heavy atom. The molecule has 2 heterocycles. The van der Waals surface area contributed by atoms with Crippen LogP contribution in [0.5, 0.6) is 5.75 Å². The van der Waals surface area contributed by atoms with Crippen molar-refractivity contribution < 1.29 is 9.53 Å². The van der Waals surface area contributed by atoms with E-state index in [1.165, 1.54) is 12.8 Å². The summed E-state index contributed by atoms with van der Waals surface area (Å²) in [5, 5.41) is 6.69. The number of halogens is 1. The number of carbonyl (C=O) groups excluding carboxylic acids is 1. The summed E-state index contributed by atoms with van der Waals surface area (Å²) in [5.74, 6) is 1.41. The minimum atomic E-state index is 0. The Morgan fingerprint density at radius 3 is 2.67 bits per heavy atom. The molecule has 1 aromatic rings. The van der Waals surface area contributed by atoms with Crippen LogP contribution < -0.4 is 15.4 Å². The van der Waals surface area contributed by atoms with E-state index in [1.807, 2.05) is 25.1 Å². The van der Waals surface area contributed by atoms with Crippen molar-refractivity contribution >= 4 is 24.0 Å². The van der Waals surface area contributed by atoms with Gasteiger partial charge in [-0.3, -0.25) is 4.79 Å². The van der Waals surface area contributed by atoms with Crippen molar-refractivity contribution in [3.63, 3.8) is 0 Å². The molecule has 2 aliphatic heterocycles. The summed E-state index contributed by atoms with van der Waals surface area (Å²) in [6.07, 6.45) is 6.40. The van der Waals surface area contributed by atoms with Crippen molar-refractivity contribution in [3.8, 4) is 5.75 Å². The maximum absolute atomic E-state index is 12.4. The molecule has 5 heteroatoms. The molecule has 2 aliphatic rings. The molecule has 2 saturated heterocycles. The second-order valence-electron chi connectivity index (χ2n) is 7.08. The van der Waals surface area contributed by atoms with Gasteiger partial charge < -0.3 is 15.4 Å². The first-order valence-electron chi connectivity index (χ1n) is 8.93. The fourth-order valence-corrected chi connectivity index (χ4v) is 3.87. The highest BCUT2D eigenvalue weighted by atomic mass is 35.5. The van der Waals surface area contributed by atoms with Crippen LogP contribution in [0.3, 0.4) is 0 Å². The molecule has 2 unspecified atom stereocenters. The first-order chi connectivity index (χ1) is 11.1. The molecule has 2 N–H and O–H groups in total. The number of piperidine rings is 1. The van der Waals surface area contributed by atoms with E-state index in [-0.39, 0.29) is 18.3 Å². The van der Waals surface area contributed by atoms with Gasteiger partial charge in [-0.25, -0.2) is 0 Å². The van der Waals surface area contributed by atoms with Crippen LogP contribution in [-0.2, 0) is 4.79 Å². The van der Waals surface area contributed by atoms with Crippen LogP contribution in [-0.4, -0.2) is 24.6 Å². The molecule has 4 nitrogen and oxygen atoms in total. The number of aryl methyl sites for hydroxylation is 1. The summed E-state index contributed by atoms with van der Waals surface area (Å²) in [4.78, 5) is 12.4. The van der Waals surface area contributed by atoms with Gasteiger partial charge in [-0.15, -0.1) is 12.4 Å². The molecule has 0 aliphatic carbocycles. The minimum absolute atomic E-state index is 0. The molecule has 24 heavy (non-hydrogen) atoms. The maximum atomic E-state index is 12.4. The SMILES string of the molecule is CCCOc1cc(C)ccc1NC(=O)CC1CC2CCC(C1)N2.Cl. The summed E-state index contributed by atoms with van der Waals surface area (Å²) >= 11 is 0. The van der Waals surface area contributed by atoms with E-state index < -0.39 is 0 Å². The standard InChI is InChI=1S/C19H28N2O2.ClH/c1-3-8-23-18-9-13(2)4-7-17(18)21-19(22)12-14-10-15-5-6-16(11-14)20-15;/h4,7,9,14-16,20H,3,5-6,8,10-12H2,1-2H3,(H,21,22);1H. The summed E-state index contributed by atoms with van der Waals surface area (Å²) < 4.78 is 5.78. The number of amides is 1.